The van der Waals surface area contributed by atoms with Crippen molar-refractivity contribution in [3.8, 4) is 6.07 Å². The van der Waals surface area contributed by atoms with Crippen molar-refractivity contribution in [2.75, 3.05) is 18.0 Å². The number of benzene rings is 1. The summed E-state index contributed by atoms with van der Waals surface area (Å²) in [5.74, 6) is 0.700. The predicted molar refractivity (Wildman–Crippen MR) is 73.0 cm³/mol. The van der Waals surface area contributed by atoms with Crippen molar-refractivity contribution in [3.63, 3.8) is 0 Å². The lowest BCUT2D eigenvalue weighted by Gasteiger charge is -2.18. The third kappa shape index (κ3) is 2.84. The first kappa shape index (κ1) is 13.3. The number of hydrogen-bond acceptors (Lipinski definition) is 4. The second kappa shape index (κ2) is 5.70. The molecule has 1 saturated heterocycles. The van der Waals surface area contributed by atoms with Gasteiger partial charge in [0, 0.05) is 24.8 Å². The Hall–Kier alpha value is -2.09. The summed E-state index contributed by atoms with van der Waals surface area (Å²) < 4.78 is 0. The van der Waals surface area contributed by atoms with Crippen LogP contribution < -0.4 is 4.90 Å². The van der Waals surface area contributed by atoms with Gasteiger partial charge in [0.2, 0.25) is 0 Å². The average Bonchev–Trinajstić information content (AvgIpc) is 2.87. The molecule has 0 aliphatic carbocycles. The van der Waals surface area contributed by atoms with Crippen molar-refractivity contribution in [3.05, 3.63) is 33.9 Å². The fourth-order valence-corrected chi connectivity index (χ4v) is 2.68. The van der Waals surface area contributed by atoms with Gasteiger partial charge in [-0.2, -0.15) is 5.26 Å². The number of nitrogens with zero attached hydrogens (tertiary/aromatic N) is 3. The minimum absolute atomic E-state index is 0.115. The van der Waals surface area contributed by atoms with Gasteiger partial charge < -0.3 is 4.90 Å². The van der Waals surface area contributed by atoms with Crippen LogP contribution in [0.5, 0.6) is 0 Å². The van der Waals surface area contributed by atoms with Crippen molar-refractivity contribution >= 4 is 11.4 Å². The molecule has 1 atom stereocenters. The standard InChI is InChI=1S/C14H17N3O2/c1-2-3-11-6-7-16(10-11)13-4-5-14(17(18)19)12(8-13)9-15/h4-5,8,11H,2-3,6-7,10H2,1H3. The van der Waals surface area contributed by atoms with Gasteiger partial charge in [-0.3, -0.25) is 10.1 Å². The summed E-state index contributed by atoms with van der Waals surface area (Å²) >= 11 is 0. The molecule has 100 valence electrons. The molecule has 1 heterocycles. The van der Waals surface area contributed by atoms with Crippen molar-refractivity contribution in [1.29, 1.82) is 5.26 Å². The maximum Gasteiger partial charge on any atom is 0.287 e. The molecule has 0 radical (unpaired) electrons. The summed E-state index contributed by atoms with van der Waals surface area (Å²) in [4.78, 5) is 12.5. The van der Waals surface area contributed by atoms with Gasteiger partial charge in [0.15, 0.2) is 0 Å². The van der Waals surface area contributed by atoms with E-state index in [-0.39, 0.29) is 11.3 Å². The SMILES string of the molecule is CCCC1CCN(c2ccc([N+](=O)[O-])c(C#N)c2)C1. The Bertz CT molecular complexity index is 522. The Kier molecular flexibility index (Phi) is 4.00. The van der Waals surface area contributed by atoms with Gasteiger partial charge in [0.05, 0.1) is 4.92 Å². The molecule has 1 aromatic rings. The topological polar surface area (TPSA) is 70.2 Å². The van der Waals surface area contributed by atoms with Gasteiger partial charge in [-0.05, 0) is 30.9 Å². The molecule has 0 saturated carbocycles. The molecule has 0 spiro atoms. The lowest BCUT2D eigenvalue weighted by molar-refractivity contribution is -0.385. The minimum Gasteiger partial charge on any atom is -0.371 e. The Morgan fingerprint density at radius 3 is 3.00 bits per heavy atom. The van der Waals surface area contributed by atoms with E-state index in [0.29, 0.717) is 5.92 Å². The molecule has 1 fully saturated rings. The Balaban J connectivity index is 2.19. The smallest absolute Gasteiger partial charge is 0.287 e. The van der Waals surface area contributed by atoms with Gasteiger partial charge in [-0.25, -0.2) is 0 Å². The van der Waals surface area contributed by atoms with Crippen LogP contribution in [0.15, 0.2) is 18.2 Å². The number of rotatable bonds is 4. The van der Waals surface area contributed by atoms with E-state index in [4.69, 9.17) is 5.26 Å². The summed E-state index contributed by atoms with van der Waals surface area (Å²) in [6, 6.07) is 6.72. The fourth-order valence-electron chi connectivity index (χ4n) is 2.68. The molecular weight excluding hydrogens is 242 g/mol. The third-order valence-corrected chi connectivity index (χ3v) is 3.65. The Labute approximate surface area is 112 Å². The summed E-state index contributed by atoms with van der Waals surface area (Å²) in [7, 11) is 0. The third-order valence-electron chi connectivity index (χ3n) is 3.65. The highest BCUT2D eigenvalue weighted by atomic mass is 16.6. The molecule has 2 rings (SSSR count). The monoisotopic (exact) mass is 259 g/mol. The quantitative estimate of drug-likeness (QED) is 0.615. The van der Waals surface area contributed by atoms with Crippen LogP contribution in [0.3, 0.4) is 0 Å². The highest BCUT2D eigenvalue weighted by Crippen LogP contribution is 2.29. The van der Waals surface area contributed by atoms with E-state index in [0.717, 1.165) is 25.2 Å². The molecule has 1 unspecified atom stereocenters. The minimum atomic E-state index is -0.508. The molecule has 1 aliphatic rings. The first-order chi connectivity index (χ1) is 9.15. The van der Waals surface area contributed by atoms with Gasteiger partial charge in [-0.15, -0.1) is 0 Å². The van der Waals surface area contributed by atoms with Crippen molar-refractivity contribution in [2.45, 2.75) is 26.2 Å². The number of nitro benzene ring substituents is 1. The van der Waals surface area contributed by atoms with Gasteiger partial charge in [-0.1, -0.05) is 13.3 Å². The van der Waals surface area contributed by atoms with E-state index in [1.807, 2.05) is 6.07 Å². The van der Waals surface area contributed by atoms with Crippen LogP contribution in [0.25, 0.3) is 0 Å². The maximum atomic E-state index is 10.8. The first-order valence-corrected chi connectivity index (χ1v) is 6.59. The molecule has 0 bridgehead atoms. The second-order valence-corrected chi connectivity index (χ2v) is 4.96. The van der Waals surface area contributed by atoms with Crippen LogP contribution in [0, 0.1) is 27.4 Å². The molecule has 0 N–H and O–H groups in total. The number of anilines is 1. The van der Waals surface area contributed by atoms with Gasteiger partial charge in [0.25, 0.3) is 5.69 Å². The summed E-state index contributed by atoms with van der Waals surface area (Å²) in [5.41, 5.74) is 0.942. The summed E-state index contributed by atoms with van der Waals surface area (Å²) in [6.07, 6.45) is 3.56. The number of nitriles is 1. The molecular formula is C14H17N3O2. The molecule has 1 aliphatic heterocycles. The van der Waals surface area contributed by atoms with E-state index in [1.54, 1.807) is 12.1 Å². The zero-order valence-corrected chi connectivity index (χ0v) is 11.0. The van der Waals surface area contributed by atoms with Crippen LogP contribution >= 0.6 is 0 Å². The molecule has 19 heavy (non-hydrogen) atoms. The zero-order valence-electron chi connectivity index (χ0n) is 11.0. The average molecular weight is 259 g/mol. The molecule has 5 nitrogen and oxygen atoms in total. The molecule has 1 aromatic carbocycles. The molecule has 5 heteroatoms. The summed E-state index contributed by atoms with van der Waals surface area (Å²) in [6.45, 7) is 4.13. The molecule has 0 aromatic heterocycles. The van der Waals surface area contributed by atoms with E-state index in [1.165, 1.54) is 18.9 Å². The van der Waals surface area contributed by atoms with Crippen molar-refractivity contribution in [2.24, 2.45) is 5.92 Å². The van der Waals surface area contributed by atoms with Crippen LogP contribution in [-0.4, -0.2) is 18.0 Å². The predicted octanol–water partition coefficient (Wildman–Crippen LogP) is 3.09. The number of hydrogen-bond donors (Lipinski definition) is 0. The maximum absolute atomic E-state index is 10.8. The fraction of sp³-hybridized carbons (Fsp3) is 0.500. The lowest BCUT2D eigenvalue weighted by Crippen LogP contribution is -2.19. The molecule has 0 amide bonds. The normalized spacial score (nSPS) is 18.3. The highest BCUT2D eigenvalue weighted by molar-refractivity contribution is 5.60. The van der Waals surface area contributed by atoms with E-state index < -0.39 is 4.92 Å². The van der Waals surface area contributed by atoms with Crippen molar-refractivity contribution < 1.29 is 4.92 Å². The largest absolute Gasteiger partial charge is 0.371 e. The van der Waals surface area contributed by atoms with E-state index >= 15 is 0 Å². The Morgan fingerprint density at radius 2 is 2.37 bits per heavy atom. The summed E-state index contributed by atoms with van der Waals surface area (Å²) in [5, 5.41) is 19.8. The van der Waals surface area contributed by atoms with Crippen LogP contribution in [-0.2, 0) is 0 Å². The van der Waals surface area contributed by atoms with Gasteiger partial charge in [0.1, 0.15) is 11.6 Å². The number of nitro groups is 1. The Morgan fingerprint density at radius 1 is 1.58 bits per heavy atom. The van der Waals surface area contributed by atoms with E-state index in [2.05, 4.69) is 11.8 Å². The van der Waals surface area contributed by atoms with Crippen LogP contribution in [0.2, 0.25) is 0 Å². The second-order valence-electron chi connectivity index (χ2n) is 4.96. The van der Waals surface area contributed by atoms with E-state index in [9.17, 15) is 10.1 Å². The van der Waals surface area contributed by atoms with Crippen LogP contribution in [0.4, 0.5) is 11.4 Å². The van der Waals surface area contributed by atoms with Gasteiger partial charge >= 0.3 is 0 Å². The lowest BCUT2D eigenvalue weighted by atomic mass is 10.0. The van der Waals surface area contributed by atoms with Crippen molar-refractivity contribution in [1.82, 2.24) is 0 Å². The van der Waals surface area contributed by atoms with Crippen LogP contribution in [0.1, 0.15) is 31.7 Å². The first-order valence-electron chi connectivity index (χ1n) is 6.59. The highest BCUT2D eigenvalue weighted by Gasteiger charge is 2.23. The zero-order chi connectivity index (χ0) is 13.8.